The van der Waals surface area contributed by atoms with Gasteiger partial charge in [-0.25, -0.2) is 9.48 Å². The molecule has 1 atom stereocenters. The molecule has 1 saturated heterocycles. The molecule has 116 valence electrons. The zero-order chi connectivity index (χ0) is 15.4. The minimum Gasteiger partial charge on any atom is -0.396 e. The zero-order valence-electron chi connectivity index (χ0n) is 12.2. The molecule has 22 heavy (non-hydrogen) atoms. The molecule has 0 radical (unpaired) electrons. The summed E-state index contributed by atoms with van der Waals surface area (Å²) >= 11 is 0. The lowest BCUT2D eigenvalue weighted by atomic mass is 9.99. The SMILES string of the molecule is O=C(Nc1ccc(-n2ccnn2)cc1)N1CCCC(CO)C1. The van der Waals surface area contributed by atoms with Crippen molar-refractivity contribution in [2.24, 2.45) is 5.92 Å². The van der Waals surface area contributed by atoms with Crippen LogP contribution in [0.5, 0.6) is 0 Å². The van der Waals surface area contributed by atoms with E-state index in [0.717, 1.165) is 30.8 Å². The summed E-state index contributed by atoms with van der Waals surface area (Å²) in [6.45, 7) is 1.48. The first-order valence-corrected chi connectivity index (χ1v) is 7.40. The molecule has 7 heteroatoms. The van der Waals surface area contributed by atoms with E-state index in [1.54, 1.807) is 22.0 Å². The van der Waals surface area contributed by atoms with Gasteiger partial charge in [0.15, 0.2) is 0 Å². The summed E-state index contributed by atoms with van der Waals surface area (Å²) in [6.07, 6.45) is 5.29. The van der Waals surface area contributed by atoms with Crippen LogP contribution in [0, 0.1) is 5.92 Å². The molecule has 2 heterocycles. The average Bonchev–Trinajstić information content (AvgIpc) is 3.10. The van der Waals surface area contributed by atoms with Gasteiger partial charge in [0.25, 0.3) is 0 Å². The maximum Gasteiger partial charge on any atom is 0.321 e. The molecule has 1 aliphatic rings. The number of aromatic nitrogens is 3. The van der Waals surface area contributed by atoms with Crippen LogP contribution in [0.15, 0.2) is 36.7 Å². The second kappa shape index (κ2) is 6.57. The summed E-state index contributed by atoms with van der Waals surface area (Å²) in [5.41, 5.74) is 1.62. The summed E-state index contributed by atoms with van der Waals surface area (Å²) in [4.78, 5) is 14.0. The zero-order valence-corrected chi connectivity index (χ0v) is 12.2. The van der Waals surface area contributed by atoms with Crippen LogP contribution in [0.1, 0.15) is 12.8 Å². The predicted octanol–water partition coefficient (Wildman–Crippen LogP) is 1.50. The van der Waals surface area contributed by atoms with Crippen LogP contribution in [-0.4, -0.2) is 50.7 Å². The molecular formula is C15H19N5O2. The number of likely N-dealkylation sites (tertiary alicyclic amines) is 1. The van der Waals surface area contributed by atoms with E-state index in [4.69, 9.17) is 0 Å². The number of piperidine rings is 1. The fourth-order valence-corrected chi connectivity index (χ4v) is 2.64. The molecule has 1 aromatic heterocycles. The Balaban J connectivity index is 1.62. The smallest absolute Gasteiger partial charge is 0.321 e. The quantitative estimate of drug-likeness (QED) is 0.900. The maximum atomic E-state index is 12.2. The lowest BCUT2D eigenvalue weighted by molar-refractivity contribution is 0.136. The number of amides is 2. The standard InChI is InChI=1S/C15H19N5O2/c21-11-12-2-1-8-19(10-12)15(22)17-13-3-5-14(6-4-13)20-9-7-16-18-20/h3-7,9,12,21H,1-2,8,10-11H2,(H,17,22). The van der Waals surface area contributed by atoms with Crippen molar-refractivity contribution in [1.29, 1.82) is 0 Å². The minimum atomic E-state index is -0.119. The number of urea groups is 1. The maximum absolute atomic E-state index is 12.2. The molecule has 2 aromatic rings. The summed E-state index contributed by atoms with van der Waals surface area (Å²) in [7, 11) is 0. The van der Waals surface area contributed by atoms with E-state index in [0.29, 0.717) is 6.54 Å². The topological polar surface area (TPSA) is 83.3 Å². The molecule has 0 aliphatic carbocycles. The lowest BCUT2D eigenvalue weighted by Gasteiger charge is -2.31. The first-order chi connectivity index (χ1) is 10.8. The molecule has 0 spiro atoms. The number of nitrogens with zero attached hydrogens (tertiary/aromatic N) is 4. The van der Waals surface area contributed by atoms with Crippen molar-refractivity contribution in [3.05, 3.63) is 36.7 Å². The van der Waals surface area contributed by atoms with Gasteiger partial charge < -0.3 is 15.3 Å². The highest BCUT2D eigenvalue weighted by Crippen LogP contribution is 2.18. The van der Waals surface area contributed by atoms with E-state index in [-0.39, 0.29) is 18.6 Å². The first-order valence-electron chi connectivity index (χ1n) is 7.40. The van der Waals surface area contributed by atoms with Gasteiger partial charge in [-0.15, -0.1) is 5.10 Å². The number of anilines is 1. The number of hydrogen-bond donors (Lipinski definition) is 2. The van der Waals surface area contributed by atoms with Crippen LogP contribution in [0.2, 0.25) is 0 Å². The number of aliphatic hydroxyl groups excluding tert-OH is 1. The Morgan fingerprint density at radius 2 is 2.18 bits per heavy atom. The van der Waals surface area contributed by atoms with E-state index >= 15 is 0 Å². The molecule has 1 aliphatic heterocycles. The Morgan fingerprint density at radius 3 is 2.86 bits per heavy atom. The molecule has 1 aromatic carbocycles. The van der Waals surface area contributed by atoms with Gasteiger partial charge in [-0.05, 0) is 43.0 Å². The monoisotopic (exact) mass is 301 g/mol. The Kier molecular flexibility index (Phi) is 4.34. The number of nitrogens with one attached hydrogen (secondary N) is 1. The van der Waals surface area contributed by atoms with Gasteiger partial charge >= 0.3 is 6.03 Å². The average molecular weight is 301 g/mol. The Bertz CT molecular complexity index is 611. The number of aliphatic hydroxyl groups is 1. The van der Waals surface area contributed by atoms with Crippen LogP contribution in [-0.2, 0) is 0 Å². The highest BCUT2D eigenvalue weighted by molar-refractivity contribution is 5.89. The number of rotatable bonds is 3. The van der Waals surface area contributed by atoms with Gasteiger partial charge in [-0.1, -0.05) is 5.21 Å². The van der Waals surface area contributed by atoms with Crippen LogP contribution in [0.4, 0.5) is 10.5 Å². The Morgan fingerprint density at radius 1 is 1.36 bits per heavy atom. The molecule has 1 fully saturated rings. The second-order valence-corrected chi connectivity index (χ2v) is 5.46. The molecule has 1 unspecified atom stereocenters. The summed E-state index contributed by atoms with van der Waals surface area (Å²) < 4.78 is 1.65. The Labute approximate surface area is 128 Å². The fraction of sp³-hybridized carbons (Fsp3) is 0.400. The number of benzene rings is 1. The normalized spacial score (nSPS) is 18.2. The van der Waals surface area contributed by atoms with Gasteiger partial charge in [-0.3, -0.25) is 0 Å². The predicted molar refractivity (Wildman–Crippen MR) is 81.8 cm³/mol. The molecule has 2 N–H and O–H groups in total. The largest absolute Gasteiger partial charge is 0.396 e. The number of carbonyl (C=O) groups is 1. The highest BCUT2D eigenvalue weighted by atomic mass is 16.3. The van der Waals surface area contributed by atoms with E-state index in [1.807, 2.05) is 24.3 Å². The van der Waals surface area contributed by atoms with E-state index in [9.17, 15) is 9.90 Å². The van der Waals surface area contributed by atoms with Gasteiger partial charge in [0.1, 0.15) is 0 Å². The molecule has 2 amide bonds. The number of hydrogen-bond acceptors (Lipinski definition) is 4. The molecule has 0 bridgehead atoms. The third-order valence-electron chi connectivity index (χ3n) is 3.87. The van der Waals surface area contributed by atoms with Gasteiger partial charge in [0, 0.05) is 25.4 Å². The number of carbonyl (C=O) groups excluding carboxylic acids is 1. The van der Waals surface area contributed by atoms with Crippen LogP contribution >= 0.6 is 0 Å². The molecule has 0 saturated carbocycles. The van der Waals surface area contributed by atoms with Crippen molar-refractivity contribution in [2.45, 2.75) is 12.8 Å². The lowest BCUT2D eigenvalue weighted by Crippen LogP contribution is -2.43. The highest BCUT2D eigenvalue weighted by Gasteiger charge is 2.23. The summed E-state index contributed by atoms with van der Waals surface area (Å²) in [6, 6.07) is 7.30. The van der Waals surface area contributed by atoms with E-state index in [2.05, 4.69) is 15.6 Å². The summed E-state index contributed by atoms with van der Waals surface area (Å²) in [5.74, 6) is 0.189. The van der Waals surface area contributed by atoms with E-state index in [1.165, 1.54) is 0 Å². The van der Waals surface area contributed by atoms with Crippen LogP contribution in [0.3, 0.4) is 0 Å². The van der Waals surface area contributed by atoms with Gasteiger partial charge in [0.05, 0.1) is 18.1 Å². The molecule has 7 nitrogen and oxygen atoms in total. The third-order valence-corrected chi connectivity index (χ3v) is 3.87. The van der Waals surface area contributed by atoms with Crippen molar-refractivity contribution in [3.63, 3.8) is 0 Å². The minimum absolute atomic E-state index is 0.119. The Hall–Kier alpha value is -2.41. The third kappa shape index (κ3) is 3.25. The van der Waals surface area contributed by atoms with Gasteiger partial charge in [-0.2, -0.15) is 0 Å². The second-order valence-electron chi connectivity index (χ2n) is 5.46. The van der Waals surface area contributed by atoms with Crippen LogP contribution in [0.25, 0.3) is 5.69 Å². The molecule has 3 rings (SSSR count). The first kappa shape index (κ1) is 14.5. The van der Waals surface area contributed by atoms with Crippen molar-refractivity contribution in [2.75, 3.05) is 25.0 Å². The van der Waals surface area contributed by atoms with Crippen molar-refractivity contribution < 1.29 is 9.90 Å². The van der Waals surface area contributed by atoms with Crippen molar-refractivity contribution in [3.8, 4) is 5.69 Å². The fourth-order valence-electron chi connectivity index (χ4n) is 2.64. The van der Waals surface area contributed by atoms with Crippen molar-refractivity contribution >= 4 is 11.7 Å². The summed E-state index contributed by atoms with van der Waals surface area (Å²) in [5, 5.41) is 19.8. The van der Waals surface area contributed by atoms with Crippen molar-refractivity contribution in [1.82, 2.24) is 19.9 Å². The molecular weight excluding hydrogens is 282 g/mol. The van der Waals surface area contributed by atoms with Gasteiger partial charge in [0.2, 0.25) is 0 Å². The van der Waals surface area contributed by atoms with Crippen LogP contribution < -0.4 is 5.32 Å². The van der Waals surface area contributed by atoms with E-state index < -0.39 is 0 Å².